The Hall–Kier alpha value is -1.32. The zero-order valence-electron chi connectivity index (χ0n) is 11.6. The summed E-state index contributed by atoms with van der Waals surface area (Å²) in [5.74, 6) is 0.657. The molecule has 0 fully saturated rings. The molecular weight excluding hydrogens is 216 g/mol. The van der Waals surface area contributed by atoms with E-state index in [1.807, 2.05) is 31.5 Å². The van der Waals surface area contributed by atoms with Crippen molar-refractivity contribution in [1.29, 1.82) is 0 Å². The van der Waals surface area contributed by atoms with Crippen LogP contribution in [0.3, 0.4) is 0 Å². The number of hydrogen-bond donors (Lipinski definition) is 0. The molecule has 0 radical (unpaired) electrons. The number of nitrogens with zero attached hydrogens (tertiary/aromatic N) is 2. The molecule has 0 aliphatic carbocycles. The van der Waals surface area contributed by atoms with Crippen molar-refractivity contribution in [1.82, 2.24) is 9.55 Å². The minimum absolute atomic E-state index is 0.0779. The lowest BCUT2D eigenvalue weighted by molar-refractivity contribution is -0.155. The first-order valence-corrected chi connectivity index (χ1v) is 5.83. The van der Waals surface area contributed by atoms with Crippen molar-refractivity contribution in [3.05, 3.63) is 18.2 Å². The van der Waals surface area contributed by atoms with E-state index in [0.717, 1.165) is 5.82 Å². The summed E-state index contributed by atoms with van der Waals surface area (Å²) in [5, 5.41) is 0. The van der Waals surface area contributed by atoms with Gasteiger partial charge in [0.05, 0.1) is 0 Å². The van der Waals surface area contributed by atoms with Gasteiger partial charge in [0, 0.05) is 17.8 Å². The number of carbonyl (C=O) groups excluding carboxylic acids is 1. The average molecular weight is 238 g/mol. The number of hydrogen-bond acceptors (Lipinski definition) is 3. The van der Waals surface area contributed by atoms with Gasteiger partial charge in [0.1, 0.15) is 18.0 Å². The van der Waals surface area contributed by atoms with Gasteiger partial charge in [-0.05, 0) is 20.8 Å². The van der Waals surface area contributed by atoms with Gasteiger partial charge in [-0.25, -0.2) is 4.98 Å². The number of aromatic nitrogens is 2. The van der Waals surface area contributed by atoms with Crippen LogP contribution in [0.25, 0.3) is 0 Å². The average Bonchev–Trinajstić information content (AvgIpc) is 2.46. The third kappa shape index (κ3) is 4.21. The predicted octanol–water partition coefficient (Wildman–Crippen LogP) is 2.52. The van der Waals surface area contributed by atoms with Crippen LogP contribution in [-0.4, -0.2) is 21.1 Å². The monoisotopic (exact) mass is 238 g/mol. The summed E-state index contributed by atoms with van der Waals surface area (Å²) in [6.45, 7) is 12.0. The van der Waals surface area contributed by atoms with Gasteiger partial charge in [-0.3, -0.25) is 4.79 Å². The van der Waals surface area contributed by atoms with Crippen LogP contribution >= 0.6 is 0 Å². The molecule has 0 aliphatic rings. The predicted molar refractivity (Wildman–Crippen MR) is 66.8 cm³/mol. The quantitative estimate of drug-likeness (QED) is 0.744. The van der Waals surface area contributed by atoms with Crippen molar-refractivity contribution in [3.63, 3.8) is 0 Å². The SMILES string of the molecule is CC(C)(C)OC(=O)Cn1ccnc1C(C)(C)C. The maximum atomic E-state index is 11.7. The highest BCUT2D eigenvalue weighted by molar-refractivity contribution is 5.69. The first-order chi connectivity index (χ1) is 7.59. The maximum Gasteiger partial charge on any atom is 0.326 e. The van der Waals surface area contributed by atoms with Crippen LogP contribution in [0.2, 0.25) is 0 Å². The second kappa shape index (κ2) is 4.51. The fraction of sp³-hybridized carbons (Fsp3) is 0.692. The van der Waals surface area contributed by atoms with Crippen molar-refractivity contribution in [2.24, 2.45) is 0 Å². The van der Waals surface area contributed by atoms with Gasteiger partial charge in [-0.2, -0.15) is 0 Å². The molecule has 0 saturated heterocycles. The molecule has 1 rings (SSSR count). The van der Waals surface area contributed by atoms with Gasteiger partial charge < -0.3 is 9.30 Å². The lowest BCUT2D eigenvalue weighted by Crippen LogP contribution is -2.28. The van der Waals surface area contributed by atoms with E-state index in [9.17, 15) is 4.79 Å². The lowest BCUT2D eigenvalue weighted by atomic mass is 9.96. The van der Waals surface area contributed by atoms with Crippen molar-refractivity contribution in [3.8, 4) is 0 Å². The van der Waals surface area contributed by atoms with Crippen molar-refractivity contribution < 1.29 is 9.53 Å². The van der Waals surface area contributed by atoms with Crippen LogP contribution in [0, 0.1) is 0 Å². The molecule has 0 unspecified atom stereocenters. The molecule has 1 aromatic heterocycles. The van der Waals surface area contributed by atoms with Gasteiger partial charge >= 0.3 is 5.97 Å². The summed E-state index contributed by atoms with van der Waals surface area (Å²) in [6.07, 6.45) is 3.52. The van der Waals surface area contributed by atoms with Crippen LogP contribution in [0.1, 0.15) is 47.4 Å². The molecule has 0 aliphatic heterocycles. The van der Waals surface area contributed by atoms with E-state index in [-0.39, 0.29) is 17.9 Å². The first kappa shape index (κ1) is 13.7. The van der Waals surface area contributed by atoms with E-state index >= 15 is 0 Å². The number of carbonyl (C=O) groups is 1. The minimum Gasteiger partial charge on any atom is -0.459 e. The van der Waals surface area contributed by atoms with Crippen molar-refractivity contribution in [2.45, 2.75) is 59.1 Å². The zero-order valence-corrected chi connectivity index (χ0v) is 11.6. The van der Waals surface area contributed by atoms with Gasteiger partial charge in [0.15, 0.2) is 0 Å². The van der Waals surface area contributed by atoms with E-state index in [4.69, 9.17) is 4.74 Å². The number of ether oxygens (including phenoxy) is 1. The second-order valence-corrected chi connectivity index (χ2v) is 6.22. The Morgan fingerprint density at radius 1 is 1.29 bits per heavy atom. The smallest absolute Gasteiger partial charge is 0.326 e. The Balaban J connectivity index is 2.77. The van der Waals surface area contributed by atoms with Crippen LogP contribution in [0.15, 0.2) is 12.4 Å². The highest BCUT2D eigenvalue weighted by atomic mass is 16.6. The van der Waals surface area contributed by atoms with Crippen LogP contribution in [0.5, 0.6) is 0 Å². The third-order valence-corrected chi connectivity index (χ3v) is 2.11. The van der Waals surface area contributed by atoms with E-state index in [1.165, 1.54) is 0 Å². The lowest BCUT2D eigenvalue weighted by Gasteiger charge is -2.22. The van der Waals surface area contributed by atoms with Crippen LogP contribution in [-0.2, 0) is 21.5 Å². The molecule has 0 N–H and O–H groups in total. The van der Waals surface area contributed by atoms with Crippen LogP contribution in [0.4, 0.5) is 0 Å². The minimum atomic E-state index is -0.445. The molecule has 1 aromatic rings. The maximum absolute atomic E-state index is 11.7. The van der Waals surface area contributed by atoms with Gasteiger partial charge in [0.2, 0.25) is 0 Å². The normalized spacial score (nSPS) is 12.6. The van der Waals surface area contributed by atoms with Crippen molar-refractivity contribution >= 4 is 5.97 Å². The molecule has 0 saturated carbocycles. The largest absolute Gasteiger partial charge is 0.459 e. The molecule has 4 nitrogen and oxygen atoms in total. The second-order valence-electron chi connectivity index (χ2n) is 6.22. The topological polar surface area (TPSA) is 44.1 Å². The van der Waals surface area contributed by atoms with E-state index in [0.29, 0.717) is 0 Å². The Kier molecular flexibility index (Phi) is 3.65. The fourth-order valence-corrected chi connectivity index (χ4v) is 1.59. The number of rotatable bonds is 2. The van der Waals surface area contributed by atoms with E-state index in [2.05, 4.69) is 25.8 Å². The molecule has 4 heteroatoms. The molecule has 0 spiro atoms. The summed E-state index contributed by atoms with van der Waals surface area (Å²) in [6, 6.07) is 0. The molecular formula is C13H22N2O2. The van der Waals surface area contributed by atoms with E-state index in [1.54, 1.807) is 6.20 Å². The van der Waals surface area contributed by atoms with E-state index < -0.39 is 5.60 Å². The summed E-state index contributed by atoms with van der Waals surface area (Å²) < 4.78 is 7.13. The molecule has 0 aromatic carbocycles. The van der Waals surface area contributed by atoms with Gasteiger partial charge in [-0.15, -0.1) is 0 Å². The summed E-state index contributed by atoms with van der Waals surface area (Å²) in [5.41, 5.74) is -0.523. The zero-order chi connectivity index (χ0) is 13.3. The number of imidazole rings is 1. The van der Waals surface area contributed by atoms with Gasteiger partial charge in [-0.1, -0.05) is 20.8 Å². The summed E-state index contributed by atoms with van der Waals surface area (Å²) in [7, 11) is 0. The molecule has 0 bridgehead atoms. The molecule has 1 heterocycles. The highest BCUT2D eigenvalue weighted by Crippen LogP contribution is 2.20. The highest BCUT2D eigenvalue weighted by Gasteiger charge is 2.22. The fourth-order valence-electron chi connectivity index (χ4n) is 1.59. The molecule has 96 valence electrons. The molecule has 17 heavy (non-hydrogen) atoms. The van der Waals surface area contributed by atoms with Crippen molar-refractivity contribution in [2.75, 3.05) is 0 Å². The summed E-state index contributed by atoms with van der Waals surface area (Å²) in [4.78, 5) is 16.0. The molecule has 0 amide bonds. The van der Waals surface area contributed by atoms with Crippen LogP contribution < -0.4 is 0 Å². The first-order valence-electron chi connectivity index (χ1n) is 5.83. The standard InChI is InChI=1S/C13H22N2O2/c1-12(2,3)11-14-7-8-15(11)9-10(16)17-13(4,5)6/h7-8H,9H2,1-6H3. The summed E-state index contributed by atoms with van der Waals surface area (Å²) >= 11 is 0. The number of esters is 1. The Morgan fingerprint density at radius 2 is 1.88 bits per heavy atom. The van der Waals surface area contributed by atoms with Gasteiger partial charge in [0.25, 0.3) is 0 Å². The third-order valence-electron chi connectivity index (χ3n) is 2.11. The molecule has 0 atom stereocenters. The Labute approximate surface area is 103 Å². The Morgan fingerprint density at radius 3 is 2.35 bits per heavy atom. The Bertz CT molecular complexity index is 394.